The van der Waals surface area contributed by atoms with Crippen LogP contribution >= 0.6 is 31.9 Å². The summed E-state index contributed by atoms with van der Waals surface area (Å²) in [6.07, 6.45) is 0. The summed E-state index contributed by atoms with van der Waals surface area (Å²) < 4.78 is 1.86. The molecule has 0 aromatic heterocycles. The van der Waals surface area contributed by atoms with Crippen LogP contribution in [-0.4, -0.2) is 0 Å². The first-order valence-corrected chi connectivity index (χ1v) is 3.62. The van der Waals surface area contributed by atoms with Gasteiger partial charge in [-0.3, -0.25) is 0 Å². The molecule has 0 aliphatic heterocycles. The highest BCUT2D eigenvalue weighted by molar-refractivity contribution is 9.11. The van der Waals surface area contributed by atoms with Gasteiger partial charge in [0.15, 0.2) is 0 Å². The molecule has 0 fully saturated rings. The first kappa shape index (κ1) is 6.30. The Balaban J connectivity index is 3.03. The zero-order valence-corrected chi connectivity index (χ0v) is 7.08. The molecule has 1 aromatic rings. The van der Waals surface area contributed by atoms with E-state index in [2.05, 4.69) is 44.0 Å². The standard InChI is InChI=1S/C6H2Br2/c7-5-1-2-6(8)4-3-5/h1,4H. The Labute approximate surface area is 65.2 Å². The van der Waals surface area contributed by atoms with E-state index >= 15 is 0 Å². The minimum Gasteiger partial charge on any atom is -0.0501 e. The molecule has 0 saturated heterocycles. The molecule has 0 saturated carbocycles. The van der Waals surface area contributed by atoms with Crippen LogP contribution in [0.15, 0.2) is 21.1 Å². The molecule has 8 heavy (non-hydrogen) atoms. The van der Waals surface area contributed by atoms with Crippen molar-refractivity contribution in [3.8, 4) is 0 Å². The zero-order valence-electron chi connectivity index (χ0n) is 3.91. The lowest BCUT2D eigenvalue weighted by molar-refractivity contribution is 1.57. The first-order chi connectivity index (χ1) is 3.79. The Morgan fingerprint density at radius 1 is 1.00 bits per heavy atom. The molecule has 0 unspecified atom stereocenters. The summed E-state index contributed by atoms with van der Waals surface area (Å²) in [4.78, 5) is 0. The summed E-state index contributed by atoms with van der Waals surface area (Å²) in [6.45, 7) is 0. The van der Waals surface area contributed by atoms with Crippen LogP contribution in [0.2, 0.25) is 0 Å². The van der Waals surface area contributed by atoms with Crippen LogP contribution in [0.5, 0.6) is 0 Å². The van der Waals surface area contributed by atoms with Gasteiger partial charge in [-0.25, -0.2) is 0 Å². The van der Waals surface area contributed by atoms with Crippen molar-refractivity contribution in [1.82, 2.24) is 0 Å². The Bertz CT molecular complexity index is 145. The van der Waals surface area contributed by atoms with E-state index in [1.807, 2.05) is 12.1 Å². The van der Waals surface area contributed by atoms with Gasteiger partial charge in [-0.1, -0.05) is 31.9 Å². The molecule has 0 nitrogen and oxygen atoms in total. The molecular formula is C6H2Br2. The third-order valence-electron chi connectivity index (χ3n) is 0.674. The average Bonchev–Trinajstić information content (AvgIpc) is 1.77. The molecule has 1 aromatic carbocycles. The molecule has 0 N–H and O–H groups in total. The summed E-state index contributed by atoms with van der Waals surface area (Å²) in [5.41, 5.74) is 0. The third-order valence-corrected chi connectivity index (χ3v) is 1.59. The lowest BCUT2D eigenvalue weighted by Gasteiger charge is -1.85. The van der Waals surface area contributed by atoms with Gasteiger partial charge < -0.3 is 0 Å². The molecule has 0 aliphatic rings. The van der Waals surface area contributed by atoms with Gasteiger partial charge >= 0.3 is 0 Å². The van der Waals surface area contributed by atoms with Gasteiger partial charge in [-0.05, 0) is 24.3 Å². The molecule has 0 bridgehead atoms. The first-order valence-electron chi connectivity index (χ1n) is 2.03. The fraction of sp³-hybridized carbons (Fsp3) is 0. The highest BCUT2D eigenvalue weighted by Gasteiger charge is 1.84. The second-order valence-corrected chi connectivity index (χ2v) is 2.98. The highest BCUT2D eigenvalue weighted by atomic mass is 79.9. The van der Waals surface area contributed by atoms with Gasteiger partial charge in [-0.15, -0.1) is 0 Å². The van der Waals surface area contributed by atoms with Crippen molar-refractivity contribution in [2.45, 2.75) is 0 Å². The maximum Gasteiger partial charge on any atom is 0.0261 e. The summed E-state index contributed by atoms with van der Waals surface area (Å²) in [5.74, 6) is 0. The fourth-order valence-electron chi connectivity index (χ4n) is 0.348. The van der Waals surface area contributed by atoms with E-state index in [0.717, 1.165) is 8.95 Å². The van der Waals surface area contributed by atoms with Crippen molar-refractivity contribution in [3.63, 3.8) is 0 Å². The smallest absolute Gasteiger partial charge is 0.0261 e. The minimum atomic E-state index is 0.931. The van der Waals surface area contributed by atoms with Crippen LogP contribution in [0.1, 0.15) is 0 Å². The SMILES string of the molecule is Brc1[c]cc(Br)[c]c1. The van der Waals surface area contributed by atoms with Crippen LogP contribution < -0.4 is 0 Å². The number of hydrogen-bond donors (Lipinski definition) is 0. The van der Waals surface area contributed by atoms with Crippen molar-refractivity contribution in [3.05, 3.63) is 33.2 Å². The van der Waals surface area contributed by atoms with Gasteiger partial charge in [0.05, 0.1) is 0 Å². The molecule has 0 aliphatic carbocycles. The summed E-state index contributed by atoms with van der Waals surface area (Å²) in [5, 5.41) is 0. The number of halogens is 2. The highest BCUT2D eigenvalue weighted by Crippen LogP contribution is 2.12. The van der Waals surface area contributed by atoms with Crippen molar-refractivity contribution < 1.29 is 0 Å². The molecule has 2 heteroatoms. The van der Waals surface area contributed by atoms with Crippen LogP contribution in [0.3, 0.4) is 0 Å². The van der Waals surface area contributed by atoms with Gasteiger partial charge in [0.1, 0.15) is 0 Å². The van der Waals surface area contributed by atoms with Crippen LogP contribution in [0, 0.1) is 12.1 Å². The largest absolute Gasteiger partial charge is 0.0501 e. The zero-order chi connectivity index (χ0) is 5.98. The van der Waals surface area contributed by atoms with Crippen LogP contribution in [-0.2, 0) is 0 Å². The Kier molecular flexibility index (Phi) is 2.08. The van der Waals surface area contributed by atoms with Crippen molar-refractivity contribution in [1.29, 1.82) is 0 Å². The molecule has 0 atom stereocenters. The van der Waals surface area contributed by atoms with Crippen molar-refractivity contribution in [2.24, 2.45) is 0 Å². The quantitative estimate of drug-likeness (QED) is 0.647. The molecular weight excluding hydrogens is 232 g/mol. The van der Waals surface area contributed by atoms with Crippen molar-refractivity contribution >= 4 is 31.9 Å². The van der Waals surface area contributed by atoms with Crippen LogP contribution in [0.4, 0.5) is 0 Å². The fourth-order valence-corrected chi connectivity index (χ4v) is 0.806. The molecule has 0 heterocycles. The van der Waals surface area contributed by atoms with Gasteiger partial charge in [-0.2, -0.15) is 0 Å². The summed E-state index contributed by atoms with van der Waals surface area (Å²) in [7, 11) is 0. The molecule has 0 amide bonds. The topological polar surface area (TPSA) is 0 Å². The predicted octanol–water partition coefficient (Wildman–Crippen LogP) is 2.81. The Morgan fingerprint density at radius 3 is 1.62 bits per heavy atom. The normalized spacial score (nSPS) is 9.25. The molecule has 0 spiro atoms. The van der Waals surface area contributed by atoms with E-state index in [1.54, 1.807) is 0 Å². The number of benzene rings is 1. The Morgan fingerprint density at radius 2 is 1.38 bits per heavy atom. The van der Waals surface area contributed by atoms with E-state index in [9.17, 15) is 0 Å². The van der Waals surface area contributed by atoms with E-state index in [1.165, 1.54) is 0 Å². The summed E-state index contributed by atoms with van der Waals surface area (Å²) >= 11 is 6.48. The second kappa shape index (κ2) is 2.65. The minimum absolute atomic E-state index is 0.931. The van der Waals surface area contributed by atoms with E-state index in [0.29, 0.717) is 0 Å². The van der Waals surface area contributed by atoms with Crippen molar-refractivity contribution in [2.75, 3.05) is 0 Å². The number of rotatable bonds is 0. The maximum absolute atomic E-state index is 3.24. The monoisotopic (exact) mass is 232 g/mol. The summed E-state index contributed by atoms with van der Waals surface area (Å²) in [6, 6.07) is 9.50. The molecule has 2 radical (unpaired) electrons. The van der Waals surface area contributed by atoms with E-state index in [4.69, 9.17) is 0 Å². The van der Waals surface area contributed by atoms with Gasteiger partial charge in [0.25, 0.3) is 0 Å². The molecule has 1 rings (SSSR count). The maximum atomic E-state index is 3.24. The molecule has 40 valence electrons. The third kappa shape index (κ3) is 1.60. The Hall–Kier alpha value is 0.180. The average molecular weight is 234 g/mol. The van der Waals surface area contributed by atoms with Crippen LogP contribution in [0.25, 0.3) is 0 Å². The van der Waals surface area contributed by atoms with Gasteiger partial charge in [0.2, 0.25) is 0 Å². The van der Waals surface area contributed by atoms with Gasteiger partial charge in [0, 0.05) is 8.95 Å². The van der Waals surface area contributed by atoms with E-state index in [-0.39, 0.29) is 0 Å². The predicted molar refractivity (Wildman–Crippen MR) is 39.5 cm³/mol. The second-order valence-electron chi connectivity index (χ2n) is 1.27. The van der Waals surface area contributed by atoms with E-state index < -0.39 is 0 Å². The lowest BCUT2D eigenvalue weighted by Crippen LogP contribution is -1.63. The number of hydrogen-bond acceptors (Lipinski definition) is 0. The lowest BCUT2D eigenvalue weighted by atomic mass is 10.4.